The predicted molar refractivity (Wildman–Crippen MR) is 155 cm³/mol. The molecule has 4 bridgehead atoms. The molecule has 3 aromatic rings. The summed E-state index contributed by atoms with van der Waals surface area (Å²) in [5.74, 6) is 2.37. The number of alkyl halides is 3. The van der Waals surface area contributed by atoms with Crippen molar-refractivity contribution in [3.63, 3.8) is 0 Å². The molecule has 6 heterocycles. The van der Waals surface area contributed by atoms with E-state index in [0.717, 1.165) is 47.9 Å². The Hall–Kier alpha value is -2.95. The molecular weight excluding hydrogens is 549 g/mol. The minimum absolute atomic E-state index is 0.0194. The Morgan fingerprint density at radius 2 is 1.95 bits per heavy atom. The monoisotopic (exact) mass is 586 g/mol. The van der Waals surface area contributed by atoms with Crippen molar-refractivity contribution in [1.29, 1.82) is 0 Å². The number of hydrogen-bond acceptors (Lipinski definition) is 7. The largest absolute Gasteiger partial charge is 0.477 e. The molecule has 7 nitrogen and oxygen atoms in total. The molecule has 41 heavy (non-hydrogen) atoms. The van der Waals surface area contributed by atoms with Crippen molar-refractivity contribution in [2.45, 2.75) is 88.2 Å². The lowest BCUT2D eigenvalue weighted by molar-refractivity contribution is -0.190. The molecule has 0 spiro atoms. The van der Waals surface area contributed by atoms with Gasteiger partial charge in [-0.1, -0.05) is 12.8 Å². The van der Waals surface area contributed by atoms with E-state index in [1.807, 2.05) is 18.3 Å². The minimum atomic E-state index is -4.18. The van der Waals surface area contributed by atoms with Gasteiger partial charge in [-0.3, -0.25) is 4.98 Å². The summed E-state index contributed by atoms with van der Waals surface area (Å²) in [6.45, 7) is 5.48. The number of aromatic nitrogens is 4. The molecular formula is C30H37F3N6OS. The maximum atomic E-state index is 13.3. The molecule has 4 aliphatic rings. The maximum Gasteiger partial charge on any atom is 0.394 e. The van der Waals surface area contributed by atoms with Crippen LogP contribution < -0.4 is 14.4 Å². The topological polar surface area (TPSA) is 68.1 Å². The van der Waals surface area contributed by atoms with Crippen LogP contribution in [0.4, 0.5) is 24.7 Å². The van der Waals surface area contributed by atoms with E-state index in [1.54, 1.807) is 16.9 Å². The van der Waals surface area contributed by atoms with Gasteiger partial charge >= 0.3 is 6.18 Å². The molecule has 0 amide bonds. The maximum absolute atomic E-state index is 13.3. The second-order valence-electron chi connectivity index (χ2n) is 12.3. The summed E-state index contributed by atoms with van der Waals surface area (Å²) in [5, 5.41) is 4.48. The molecule has 1 unspecified atom stereocenters. The van der Waals surface area contributed by atoms with E-state index >= 15 is 0 Å². The van der Waals surface area contributed by atoms with Crippen molar-refractivity contribution >= 4 is 23.5 Å². The van der Waals surface area contributed by atoms with Gasteiger partial charge in [0.1, 0.15) is 0 Å². The van der Waals surface area contributed by atoms with Crippen LogP contribution in [-0.4, -0.2) is 44.6 Å². The third-order valence-electron chi connectivity index (χ3n) is 8.78. The molecule has 0 radical (unpaired) electrons. The number of aryl methyl sites for hydroxylation is 1. The van der Waals surface area contributed by atoms with Gasteiger partial charge in [0.05, 0.1) is 17.7 Å². The van der Waals surface area contributed by atoms with Gasteiger partial charge in [0.2, 0.25) is 5.88 Å². The fourth-order valence-electron chi connectivity index (χ4n) is 6.14. The highest BCUT2D eigenvalue weighted by Gasteiger charge is 2.62. The average molecular weight is 587 g/mol. The molecule has 0 aromatic carbocycles. The Morgan fingerprint density at radius 1 is 1.10 bits per heavy atom. The molecule has 2 fully saturated rings. The lowest BCUT2D eigenvalue weighted by Crippen LogP contribution is -2.39. The summed E-state index contributed by atoms with van der Waals surface area (Å²) < 4.78 is 50.5. The zero-order chi connectivity index (χ0) is 28.7. The first-order chi connectivity index (χ1) is 19.6. The summed E-state index contributed by atoms with van der Waals surface area (Å²) in [7, 11) is 0. The summed E-state index contributed by atoms with van der Waals surface area (Å²) >= 11 is 1.52. The Bertz CT molecular complexity index is 1360. The summed E-state index contributed by atoms with van der Waals surface area (Å²) in [6, 6.07) is 9.80. The smallest absolute Gasteiger partial charge is 0.394 e. The van der Waals surface area contributed by atoms with E-state index in [0.29, 0.717) is 17.6 Å². The van der Waals surface area contributed by atoms with Crippen molar-refractivity contribution in [3.8, 4) is 11.7 Å². The van der Waals surface area contributed by atoms with Gasteiger partial charge in [-0.25, -0.2) is 9.67 Å². The number of fused-ring (bicyclic) bond motifs is 7. The number of rotatable bonds is 5. The van der Waals surface area contributed by atoms with Crippen molar-refractivity contribution in [1.82, 2.24) is 19.7 Å². The van der Waals surface area contributed by atoms with Gasteiger partial charge in [0.15, 0.2) is 11.6 Å². The molecule has 1 saturated carbocycles. The number of nitrogens with one attached hydrogen (secondary N) is 1. The lowest BCUT2D eigenvalue weighted by atomic mass is 9.92. The van der Waals surface area contributed by atoms with Crippen molar-refractivity contribution in [2.24, 2.45) is 11.3 Å². The van der Waals surface area contributed by atoms with Gasteiger partial charge in [-0.15, -0.1) is 5.10 Å². The minimum Gasteiger partial charge on any atom is -0.477 e. The Kier molecular flexibility index (Phi) is 7.59. The van der Waals surface area contributed by atoms with Crippen molar-refractivity contribution in [2.75, 3.05) is 22.8 Å². The van der Waals surface area contributed by atoms with Crippen LogP contribution in [-0.2, 0) is 6.42 Å². The van der Waals surface area contributed by atoms with Crippen LogP contribution >= 0.6 is 11.9 Å². The zero-order valence-corrected chi connectivity index (χ0v) is 24.4. The van der Waals surface area contributed by atoms with Crippen LogP contribution in [0.15, 0.2) is 47.6 Å². The van der Waals surface area contributed by atoms with E-state index < -0.39 is 11.6 Å². The van der Waals surface area contributed by atoms with Crippen LogP contribution in [0.25, 0.3) is 5.82 Å². The van der Waals surface area contributed by atoms with E-state index in [-0.39, 0.29) is 31.4 Å². The molecule has 7 rings (SSSR count). The number of hydrogen-bond donors (Lipinski definition) is 1. The standard InChI is InChI=1S/C30H37F3N6OS/c1-28(2)18-21-6-4-3-5-7-22-8-9-23(19-34-22)41-37-24-10-11-25(35-27(24)38(28)20-21)39-16-12-26(36-39)40-17-15-29(13-14-29)30(31,32)33/h8-12,16,19,21,37H,3-7,13-15,17-18,20H2,1-2H3. The molecule has 3 aliphatic heterocycles. The van der Waals surface area contributed by atoms with Gasteiger partial charge in [-0.05, 0) is 101 Å². The fourth-order valence-corrected chi connectivity index (χ4v) is 6.77. The van der Waals surface area contributed by atoms with Crippen molar-refractivity contribution in [3.05, 3.63) is 48.4 Å². The van der Waals surface area contributed by atoms with E-state index in [1.165, 1.54) is 31.2 Å². The number of anilines is 2. The highest BCUT2D eigenvalue weighted by Crippen LogP contribution is 2.59. The normalized spacial score (nSPS) is 21.8. The molecule has 1 saturated heterocycles. The summed E-state index contributed by atoms with van der Waals surface area (Å²) in [4.78, 5) is 13.2. The van der Waals surface area contributed by atoms with E-state index in [2.05, 4.69) is 45.7 Å². The van der Waals surface area contributed by atoms with Gasteiger partial charge in [0, 0.05) is 41.1 Å². The van der Waals surface area contributed by atoms with Crippen LogP contribution in [0, 0.1) is 11.3 Å². The first-order valence-corrected chi connectivity index (χ1v) is 15.4. The van der Waals surface area contributed by atoms with Crippen LogP contribution in [0.1, 0.15) is 70.9 Å². The highest BCUT2D eigenvalue weighted by molar-refractivity contribution is 8.00. The van der Waals surface area contributed by atoms with Gasteiger partial charge in [-0.2, -0.15) is 13.2 Å². The quantitative estimate of drug-likeness (QED) is 0.309. The second kappa shape index (κ2) is 11.0. The predicted octanol–water partition coefficient (Wildman–Crippen LogP) is 7.61. The molecule has 3 aromatic heterocycles. The van der Waals surface area contributed by atoms with Crippen LogP contribution in [0.5, 0.6) is 5.88 Å². The third-order valence-corrected chi connectivity index (χ3v) is 9.58. The van der Waals surface area contributed by atoms with E-state index in [4.69, 9.17) is 9.72 Å². The molecule has 220 valence electrons. The zero-order valence-electron chi connectivity index (χ0n) is 23.6. The van der Waals surface area contributed by atoms with Gasteiger partial charge < -0.3 is 14.4 Å². The van der Waals surface area contributed by atoms with Gasteiger partial charge in [0.25, 0.3) is 0 Å². The first-order valence-electron chi connectivity index (χ1n) is 14.5. The molecule has 1 N–H and O–H groups in total. The number of pyridine rings is 2. The summed E-state index contributed by atoms with van der Waals surface area (Å²) in [6.07, 6.45) is 6.67. The lowest BCUT2D eigenvalue weighted by Gasteiger charge is -2.34. The fraction of sp³-hybridized carbons (Fsp3) is 0.567. The Balaban J connectivity index is 1.24. The van der Waals surface area contributed by atoms with Crippen molar-refractivity contribution < 1.29 is 17.9 Å². The number of ether oxygens (including phenoxy) is 1. The average Bonchev–Trinajstić information content (AvgIpc) is 3.48. The number of nitrogens with zero attached hydrogens (tertiary/aromatic N) is 5. The molecule has 1 aliphatic carbocycles. The summed E-state index contributed by atoms with van der Waals surface area (Å²) in [5.41, 5.74) is 0.400. The Morgan fingerprint density at radius 3 is 2.71 bits per heavy atom. The third kappa shape index (κ3) is 6.15. The SMILES string of the molecule is CC1(C)CC2CCCCCc3ccc(cn3)SNc3ccc(-n4ccc(OCCC5(C(F)(F)F)CC5)n4)nc3N1C2. The number of halogens is 3. The molecule has 1 atom stereocenters. The van der Waals surface area contributed by atoms with E-state index in [9.17, 15) is 13.2 Å². The Labute approximate surface area is 243 Å². The molecule has 11 heteroatoms. The highest BCUT2D eigenvalue weighted by atomic mass is 32.2. The van der Waals surface area contributed by atoms with Crippen LogP contribution in [0.2, 0.25) is 0 Å². The second-order valence-corrected chi connectivity index (χ2v) is 13.2. The first kappa shape index (κ1) is 28.2. The van der Waals surface area contributed by atoms with Crippen LogP contribution in [0.3, 0.4) is 0 Å².